The number of fused-ring (bicyclic) bond motifs is 4. The highest BCUT2D eigenvalue weighted by Gasteiger charge is 2.41. The Morgan fingerprint density at radius 1 is 1.07 bits per heavy atom. The Labute approximate surface area is 170 Å². The van der Waals surface area contributed by atoms with Gasteiger partial charge in [0.25, 0.3) is 0 Å². The maximum Gasteiger partial charge on any atom is 0.222 e. The van der Waals surface area contributed by atoms with E-state index in [2.05, 4.69) is 39.5 Å². The molecule has 1 aliphatic carbocycles. The Hall–Kier alpha value is -2.79. The highest BCUT2D eigenvalue weighted by Crippen LogP contribution is 2.48. The number of halogens is 1. The number of likely N-dealkylation sites (tertiary alicyclic amines) is 1. The summed E-state index contributed by atoms with van der Waals surface area (Å²) in [4.78, 5) is 11.7. The molecule has 1 spiro atoms. The largest absolute Gasteiger partial charge is 0.357 e. The molecule has 0 radical (unpaired) electrons. The standard InChI is InChI=1S/C24H25FN4/c1-26-23-27-15-18-14-24(21-5-3-2-4-20(21)22(18)28-23)10-12-29(13-11-24)16-17-6-8-19(25)9-7-17/h2-9,15H,10-14,16H2,1H3,(H,26,27,28). The zero-order valence-corrected chi connectivity index (χ0v) is 16.7. The molecule has 4 nitrogen and oxygen atoms in total. The monoisotopic (exact) mass is 388 g/mol. The molecule has 3 aromatic rings. The van der Waals surface area contributed by atoms with Crippen molar-refractivity contribution in [3.63, 3.8) is 0 Å². The predicted octanol–water partition coefficient (Wildman–Crippen LogP) is 4.41. The molecular weight excluding hydrogens is 363 g/mol. The van der Waals surface area contributed by atoms with Gasteiger partial charge in [0, 0.05) is 30.8 Å². The molecule has 29 heavy (non-hydrogen) atoms. The molecule has 2 aliphatic rings. The number of piperidine rings is 1. The summed E-state index contributed by atoms with van der Waals surface area (Å²) < 4.78 is 13.2. The Bertz CT molecular complexity index is 1020. The van der Waals surface area contributed by atoms with Crippen LogP contribution in [0.2, 0.25) is 0 Å². The molecule has 0 amide bonds. The maximum atomic E-state index is 13.2. The molecule has 2 aromatic carbocycles. The van der Waals surface area contributed by atoms with Gasteiger partial charge in [-0.3, -0.25) is 4.90 Å². The minimum absolute atomic E-state index is 0.146. The highest BCUT2D eigenvalue weighted by atomic mass is 19.1. The van der Waals surface area contributed by atoms with Gasteiger partial charge in [0.05, 0.1) is 5.69 Å². The van der Waals surface area contributed by atoms with Crippen molar-refractivity contribution in [3.05, 3.63) is 77.2 Å². The summed E-state index contributed by atoms with van der Waals surface area (Å²) in [6.07, 6.45) is 5.21. The lowest BCUT2D eigenvalue weighted by molar-refractivity contribution is 0.150. The van der Waals surface area contributed by atoms with E-state index in [9.17, 15) is 4.39 Å². The summed E-state index contributed by atoms with van der Waals surface area (Å²) in [5, 5.41) is 3.06. The van der Waals surface area contributed by atoms with Crippen LogP contribution in [0.4, 0.5) is 10.3 Å². The molecule has 1 aromatic heterocycles. The van der Waals surface area contributed by atoms with Crippen LogP contribution in [-0.2, 0) is 18.4 Å². The number of benzene rings is 2. The molecule has 5 heteroatoms. The summed E-state index contributed by atoms with van der Waals surface area (Å²) in [6.45, 7) is 2.95. The fourth-order valence-corrected chi connectivity index (χ4v) is 4.93. The molecule has 1 N–H and O–H groups in total. The molecule has 2 heterocycles. The lowest BCUT2D eigenvalue weighted by atomic mass is 9.64. The van der Waals surface area contributed by atoms with Crippen LogP contribution in [0.5, 0.6) is 0 Å². The van der Waals surface area contributed by atoms with Crippen LogP contribution in [0.1, 0.15) is 29.5 Å². The van der Waals surface area contributed by atoms with Crippen molar-refractivity contribution in [1.82, 2.24) is 14.9 Å². The van der Waals surface area contributed by atoms with Crippen molar-refractivity contribution in [2.24, 2.45) is 0 Å². The van der Waals surface area contributed by atoms with Gasteiger partial charge in [0.2, 0.25) is 5.95 Å². The first-order valence-corrected chi connectivity index (χ1v) is 10.3. The third-order valence-corrected chi connectivity index (χ3v) is 6.50. The van der Waals surface area contributed by atoms with E-state index in [1.165, 1.54) is 22.3 Å². The number of hydrogen-bond donors (Lipinski definition) is 1. The Kier molecular flexibility index (Phi) is 4.55. The second-order valence-corrected chi connectivity index (χ2v) is 8.22. The Morgan fingerprint density at radius 2 is 1.83 bits per heavy atom. The van der Waals surface area contributed by atoms with E-state index in [1.54, 1.807) is 12.1 Å². The molecule has 0 unspecified atom stereocenters. The predicted molar refractivity (Wildman–Crippen MR) is 113 cm³/mol. The summed E-state index contributed by atoms with van der Waals surface area (Å²) >= 11 is 0. The zero-order chi connectivity index (χ0) is 19.8. The second kappa shape index (κ2) is 7.23. The van der Waals surface area contributed by atoms with Gasteiger partial charge in [-0.2, -0.15) is 0 Å². The molecule has 5 rings (SSSR count). The van der Waals surface area contributed by atoms with Crippen molar-refractivity contribution in [3.8, 4) is 11.3 Å². The van der Waals surface area contributed by atoms with E-state index in [0.29, 0.717) is 5.95 Å². The van der Waals surface area contributed by atoms with E-state index >= 15 is 0 Å². The van der Waals surface area contributed by atoms with E-state index in [-0.39, 0.29) is 11.2 Å². The van der Waals surface area contributed by atoms with Crippen LogP contribution >= 0.6 is 0 Å². The van der Waals surface area contributed by atoms with Crippen molar-refractivity contribution < 1.29 is 4.39 Å². The number of anilines is 1. The van der Waals surface area contributed by atoms with Gasteiger partial charge in [0.1, 0.15) is 5.82 Å². The lowest BCUT2D eigenvalue weighted by Gasteiger charge is -2.45. The molecule has 0 atom stereocenters. The fourth-order valence-electron chi connectivity index (χ4n) is 4.93. The van der Waals surface area contributed by atoms with E-state index in [1.807, 2.05) is 25.4 Å². The van der Waals surface area contributed by atoms with Crippen LogP contribution in [0, 0.1) is 5.82 Å². The molecular formula is C24H25FN4. The first-order chi connectivity index (χ1) is 14.2. The van der Waals surface area contributed by atoms with Crippen LogP contribution in [0.25, 0.3) is 11.3 Å². The van der Waals surface area contributed by atoms with E-state index in [0.717, 1.165) is 44.6 Å². The quantitative estimate of drug-likeness (QED) is 0.721. The topological polar surface area (TPSA) is 41.1 Å². The normalized spacial score (nSPS) is 17.6. The summed E-state index contributed by atoms with van der Waals surface area (Å²) in [7, 11) is 1.86. The second-order valence-electron chi connectivity index (χ2n) is 8.22. The molecule has 0 saturated carbocycles. The van der Waals surface area contributed by atoms with Gasteiger partial charge < -0.3 is 5.32 Å². The molecule has 148 valence electrons. The Morgan fingerprint density at radius 3 is 2.59 bits per heavy atom. The lowest BCUT2D eigenvalue weighted by Crippen LogP contribution is -2.45. The minimum Gasteiger partial charge on any atom is -0.357 e. The van der Waals surface area contributed by atoms with Crippen LogP contribution in [0.15, 0.2) is 54.7 Å². The fraction of sp³-hybridized carbons (Fsp3) is 0.333. The number of rotatable bonds is 3. The average Bonchev–Trinajstić information content (AvgIpc) is 2.77. The summed E-state index contributed by atoms with van der Waals surface area (Å²) in [6, 6.07) is 15.6. The van der Waals surface area contributed by atoms with Gasteiger partial charge in [-0.15, -0.1) is 0 Å². The van der Waals surface area contributed by atoms with Gasteiger partial charge in [0.15, 0.2) is 0 Å². The first-order valence-electron chi connectivity index (χ1n) is 10.3. The van der Waals surface area contributed by atoms with Gasteiger partial charge in [-0.25, -0.2) is 14.4 Å². The first kappa shape index (κ1) is 18.3. The number of nitrogens with zero attached hydrogens (tertiary/aromatic N) is 3. The van der Waals surface area contributed by atoms with Gasteiger partial charge >= 0.3 is 0 Å². The van der Waals surface area contributed by atoms with Gasteiger partial charge in [-0.05, 0) is 61.2 Å². The average molecular weight is 388 g/mol. The van der Waals surface area contributed by atoms with Gasteiger partial charge in [-0.1, -0.05) is 36.4 Å². The van der Waals surface area contributed by atoms with Crippen molar-refractivity contribution >= 4 is 5.95 Å². The van der Waals surface area contributed by atoms with Crippen molar-refractivity contribution in [1.29, 1.82) is 0 Å². The maximum absolute atomic E-state index is 13.2. The van der Waals surface area contributed by atoms with Crippen LogP contribution in [0.3, 0.4) is 0 Å². The molecule has 0 bridgehead atoms. The number of nitrogens with one attached hydrogen (secondary N) is 1. The zero-order valence-electron chi connectivity index (χ0n) is 16.7. The van der Waals surface area contributed by atoms with Crippen molar-refractivity contribution in [2.45, 2.75) is 31.2 Å². The van der Waals surface area contributed by atoms with E-state index in [4.69, 9.17) is 4.98 Å². The smallest absolute Gasteiger partial charge is 0.222 e. The SMILES string of the molecule is CNc1ncc2c(n1)-c1ccccc1C1(CCN(Cc3ccc(F)cc3)CC1)C2. The van der Waals surface area contributed by atoms with Crippen molar-refractivity contribution in [2.75, 3.05) is 25.5 Å². The third kappa shape index (κ3) is 3.29. The minimum atomic E-state index is -0.174. The number of hydrogen-bond acceptors (Lipinski definition) is 4. The molecule has 1 saturated heterocycles. The van der Waals surface area contributed by atoms with E-state index < -0.39 is 0 Å². The van der Waals surface area contributed by atoms with Crippen LogP contribution < -0.4 is 5.32 Å². The number of aromatic nitrogens is 2. The van der Waals surface area contributed by atoms with Crippen LogP contribution in [-0.4, -0.2) is 35.0 Å². The highest BCUT2D eigenvalue weighted by molar-refractivity contribution is 5.72. The third-order valence-electron chi connectivity index (χ3n) is 6.50. The molecule has 1 fully saturated rings. The molecule has 1 aliphatic heterocycles. The summed E-state index contributed by atoms with van der Waals surface area (Å²) in [5.41, 5.74) is 6.31. The summed E-state index contributed by atoms with van der Waals surface area (Å²) in [5.74, 6) is 0.496. The Balaban J connectivity index is 1.41.